The number of nitrogens with one attached hydrogen (secondary N) is 1. The number of carbonyl (C=O) groups is 2. The van der Waals surface area contributed by atoms with Crippen LogP contribution < -0.4 is 10.6 Å². The Balaban J connectivity index is 2.71. The molecule has 5 heteroatoms. The SMILES string of the molecule is CC[C@H](C)c1ccc([C@H]([NH2+]CC(=O)N(C)CC(=O)NC)C(C)C)cc1. The van der Waals surface area contributed by atoms with Gasteiger partial charge in [-0.05, 0) is 17.9 Å². The highest BCUT2D eigenvalue weighted by Crippen LogP contribution is 2.23. The lowest BCUT2D eigenvalue weighted by Gasteiger charge is -2.22. The second-order valence-corrected chi connectivity index (χ2v) is 7.11. The number of hydrogen-bond donors (Lipinski definition) is 2. The molecule has 0 saturated heterocycles. The van der Waals surface area contributed by atoms with Gasteiger partial charge in [0, 0.05) is 25.6 Å². The molecule has 0 spiro atoms. The Labute approximate surface area is 152 Å². The maximum Gasteiger partial charge on any atom is 0.277 e. The van der Waals surface area contributed by atoms with Crippen molar-refractivity contribution in [3.63, 3.8) is 0 Å². The second kappa shape index (κ2) is 10.2. The average Bonchev–Trinajstić information content (AvgIpc) is 2.60. The van der Waals surface area contributed by atoms with E-state index in [1.165, 1.54) is 16.0 Å². The zero-order valence-electron chi connectivity index (χ0n) is 16.5. The minimum absolute atomic E-state index is 0.0366. The van der Waals surface area contributed by atoms with Crippen molar-refractivity contribution in [2.45, 2.75) is 46.1 Å². The fourth-order valence-electron chi connectivity index (χ4n) is 2.84. The molecule has 0 aromatic heterocycles. The van der Waals surface area contributed by atoms with Crippen LogP contribution in [0, 0.1) is 5.92 Å². The molecular formula is C20H34N3O2+. The Morgan fingerprint density at radius 3 is 2.16 bits per heavy atom. The van der Waals surface area contributed by atoms with Gasteiger partial charge >= 0.3 is 0 Å². The quantitative estimate of drug-likeness (QED) is 0.713. The maximum absolute atomic E-state index is 12.2. The lowest BCUT2D eigenvalue weighted by atomic mass is 9.92. The van der Waals surface area contributed by atoms with Gasteiger partial charge in [-0.2, -0.15) is 0 Å². The fourth-order valence-corrected chi connectivity index (χ4v) is 2.84. The smallest absolute Gasteiger partial charge is 0.277 e. The van der Waals surface area contributed by atoms with E-state index in [1.807, 2.05) is 0 Å². The number of benzene rings is 1. The van der Waals surface area contributed by atoms with E-state index in [4.69, 9.17) is 0 Å². The molecule has 0 aliphatic carbocycles. The molecule has 25 heavy (non-hydrogen) atoms. The van der Waals surface area contributed by atoms with Gasteiger partial charge in [-0.3, -0.25) is 9.59 Å². The summed E-state index contributed by atoms with van der Waals surface area (Å²) in [5.74, 6) is 0.782. The molecule has 0 radical (unpaired) electrons. The van der Waals surface area contributed by atoms with Crippen molar-refractivity contribution in [2.24, 2.45) is 5.92 Å². The van der Waals surface area contributed by atoms with Crippen molar-refractivity contribution in [3.05, 3.63) is 35.4 Å². The summed E-state index contributed by atoms with van der Waals surface area (Å²) in [6, 6.07) is 8.99. The van der Waals surface area contributed by atoms with Crippen molar-refractivity contribution in [2.75, 3.05) is 27.2 Å². The molecule has 0 aliphatic heterocycles. The number of quaternary nitrogens is 1. The van der Waals surface area contributed by atoms with Crippen LogP contribution >= 0.6 is 0 Å². The summed E-state index contributed by atoms with van der Waals surface area (Å²) in [6.45, 7) is 9.21. The molecule has 0 bridgehead atoms. The molecule has 1 aromatic carbocycles. The average molecular weight is 349 g/mol. The van der Waals surface area contributed by atoms with Gasteiger partial charge in [0.05, 0.1) is 6.54 Å². The molecule has 1 rings (SSSR count). The zero-order chi connectivity index (χ0) is 19.0. The first-order valence-electron chi connectivity index (χ1n) is 9.17. The second-order valence-electron chi connectivity index (χ2n) is 7.11. The Morgan fingerprint density at radius 2 is 1.68 bits per heavy atom. The molecule has 2 atom stereocenters. The molecule has 140 valence electrons. The molecular weight excluding hydrogens is 314 g/mol. The summed E-state index contributed by atoms with van der Waals surface area (Å²) in [6.07, 6.45) is 1.13. The molecule has 0 heterocycles. The van der Waals surface area contributed by atoms with Crippen LogP contribution in [0.3, 0.4) is 0 Å². The standard InChI is InChI=1S/C20H33N3O2/c1-7-15(4)16-8-10-17(11-9-16)20(14(2)3)22-12-19(25)23(6)13-18(24)21-5/h8-11,14-15,20,22H,7,12-13H2,1-6H3,(H,21,24)/p+1/t15-,20+/m0/s1. The number of likely N-dealkylation sites (N-methyl/N-ethyl adjacent to an activating group) is 2. The van der Waals surface area contributed by atoms with E-state index in [2.05, 4.69) is 62.6 Å². The molecule has 0 aliphatic rings. The Morgan fingerprint density at radius 1 is 1.12 bits per heavy atom. The number of nitrogens with zero attached hydrogens (tertiary/aromatic N) is 1. The van der Waals surface area contributed by atoms with Gasteiger partial charge in [-0.15, -0.1) is 0 Å². The molecule has 0 saturated carbocycles. The van der Waals surface area contributed by atoms with Gasteiger partial charge in [-0.25, -0.2) is 0 Å². The van der Waals surface area contributed by atoms with E-state index in [-0.39, 0.29) is 24.4 Å². The normalized spacial score (nSPS) is 13.4. The molecule has 0 unspecified atom stereocenters. The van der Waals surface area contributed by atoms with E-state index in [9.17, 15) is 9.59 Å². The number of hydrogen-bond acceptors (Lipinski definition) is 2. The van der Waals surface area contributed by atoms with Crippen LogP contribution in [-0.2, 0) is 9.59 Å². The van der Waals surface area contributed by atoms with E-state index in [0.29, 0.717) is 18.4 Å². The number of carbonyl (C=O) groups excluding carboxylic acids is 2. The van der Waals surface area contributed by atoms with Crippen molar-refractivity contribution in [1.29, 1.82) is 0 Å². The number of nitrogens with two attached hydrogens (primary N) is 1. The van der Waals surface area contributed by atoms with Gasteiger partial charge in [-0.1, -0.05) is 52.0 Å². The highest BCUT2D eigenvalue weighted by Gasteiger charge is 2.22. The van der Waals surface area contributed by atoms with Gasteiger partial charge < -0.3 is 15.5 Å². The van der Waals surface area contributed by atoms with Crippen molar-refractivity contribution in [1.82, 2.24) is 10.2 Å². The van der Waals surface area contributed by atoms with E-state index < -0.39 is 0 Å². The summed E-state index contributed by atoms with van der Waals surface area (Å²) in [5, 5.41) is 4.61. The van der Waals surface area contributed by atoms with Gasteiger partial charge in [0.1, 0.15) is 6.04 Å². The molecule has 0 fully saturated rings. The highest BCUT2D eigenvalue weighted by atomic mass is 16.2. The van der Waals surface area contributed by atoms with Crippen LogP contribution in [0.5, 0.6) is 0 Å². The summed E-state index contributed by atoms with van der Waals surface area (Å²) < 4.78 is 0. The van der Waals surface area contributed by atoms with E-state index >= 15 is 0 Å². The van der Waals surface area contributed by atoms with Crippen LogP contribution in [0.4, 0.5) is 0 Å². The Bertz CT molecular complexity index is 555. The fraction of sp³-hybridized carbons (Fsp3) is 0.600. The third kappa shape index (κ3) is 6.50. The first kappa shape index (κ1) is 21.2. The predicted octanol–water partition coefficient (Wildman–Crippen LogP) is 1.67. The van der Waals surface area contributed by atoms with Crippen molar-refractivity contribution in [3.8, 4) is 0 Å². The third-order valence-electron chi connectivity index (χ3n) is 4.85. The van der Waals surface area contributed by atoms with Crippen LogP contribution in [0.2, 0.25) is 0 Å². The summed E-state index contributed by atoms with van der Waals surface area (Å²) >= 11 is 0. The first-order valence-corrected chi connectivity index (χ1v) is 9.17. The minimum atomic E-state index is -0.156. The van der Waals surface area contributed by atoms with Crippen LogP contribution in [-0.4, -0.2) is 43.9 Å². The molecule has 2 amide bonds. The number of rotatable bonds is 9. The first-order chi connectivity index (χ1) is 11.8. The van der Waals surface area contributed by atoms with Crippen LogP contribution in [0.1, 0.15) is 57.2 Å². The van der Waals surface area contributed by atoms with Gasteiger partial charge in [0.15, 0.2) is 6.54 Å². The largest absolute Gasteiger partial charge is 0.358 e. The third-order valence-corrected chi connectivity index (χ3v) is 4.85. The summed E-state index contributed by atoms with van der Waals surface area (Å²) in [5.41, 5.74) is 2.60. The van der Waals surface area contributed by atoms with E-state index in [1.54, 1.807) is 14.1 Å². The van der Waals surface area contributed by atoms with Gasteiger partial charge in [0.2, 0.25) is 5.91 Å². The lowest BCUT2D eigenvalue weighted by molar-refractivity contribution is -0.692. The highest BCUT2D eigenvalue weighted by molar-refractivity contribution is 5.84. The molecule has 3 N–H and O–H groups in total. The van der Waals surface area contributed by atoms with Gasteiger partial charge in [0.25, 0.3) is 5.91 Å². The topological polar surface area (TPSA) is 66.0 Å². The number of amides is 2. The Kier molecular flexibility index (Phi) is 8.62. The molecule has 1 aromatic rings. The Hall–Kier alpha value is -1.88. The van der Waals surface area contributed by atoms with Crippen molar-refractivity contribution < 1.29 is 14.9 Å². The predicted molar refractivity (Wildman–Crippen MR) is 101 cm³/mol. The van der Waals surface area contributed by atoms with E-state index in [0.717, 1.165) is 6.42 Å². The van der Waals surface area contributed by atoms with Crippen LogP contribution in [0.15, 0.2) is 24.3 Å². The summed E-state index contributed by atoms with van der Waals surface area (Å²) in [4.78, 5) is 25.1. The zero-order valence-corrected chi connectivity index (χ0v) is 16.5. The molecule has 5 nitrogen and oxygen atoms in total. The van der Waals surface area contributed by atoms with Crippen LogP contribution in [0.25, 0.3) is 0 Å². The lowest BCUT2D eigenvalue weighted by Crippen LogP contribution is -2.88. The monoisotopic (exact) mass is 348 g/mol. The summed E-state index contributed by atoms with van der Waals surface area (Å²) in [7, 11) is 3.24. The maximum atomic E-state index is 12.2. The van der Waals surface area contributed by atoms with Crippen molar-refractivity contribution >= 4 is 11.8 Å². The minimum Gasteiger partial charge on any atom is -0.358 e.